The Hall–Kier alpha value is -4.13. The number of nitrogens with zero attached hydrogens (tertiary/aromatic N) is 1. The SMILES string of the molecule is Cc1ccc(CCNCCOc2c(C)cc(/C=N/NC(=O)c3ccc(O)c(Cl)c3)cc2-c2ccccc2)cc1.[HH].[HH]. The summed E-state index contributed by atoms with van der Waals surface area (Å²) in [6.07, 6.45) is 2.56. The van der Waals surface area contributed by atoms with Crippen LogP contribution >= 0.6 is 11.6 Å². The second-order valence-electron chi connectivity index (χ2n) is 9.28. The van der Waals surface area contributed by atoms with Gasteiger partial charge >= 0.3 is 0 Å². The van der Waals surface area contributed by atoms with Crippen molar-refractivity contribution in [2.24, 2.45) is 5.10 Å². The van der Waals surface area contributed by atoms with Gasteiger partial charge in [0.15, 0.2) is 0 Å². The molecule has 0 atom stereocenters. The maximum Gasteiger partial charge on any atom is 0.271 e. The molecule has 0 aliphatic carbocycles. The van der Waals surface area contributed by atoms with E-state index in [1.165, 1.54) is 29.3 Å². The first kappa shape index (κ1) is 27.9. The lowest BCUT2D eigenvalue weighted by atomic mass is 9.99. The molecule has 204 valence electrons. The van der Waals surface area contributed by atoms with Crippen molar-refractivity contribution in [2.75, 3.05) is 19.7 Å². The predicted molar refractivity (Wildman–Crippen MR) is 162 cm³/mol. The molecule has 0 unspecified atom stereocenters. The van der Waals surface area contributed by atoms with Crippen molar-refractivity contribution in [2.45, 2.75) is 20.3 Å². The van der Waals surface area contributed by atoms with E-state index in [9.17, 15) is 9.90 Å². The largest absolute Gasteiger partial charge is 0.506 e. The molecular formula is C32H36ClN3O3. The molecule has 0 aromatic heterocycles. The van der Waals surface area contributed by atoms with E-state index >= 15 is 0 Å². The van der Waals surface area contributed by atoms with Crippen LogP contribution in [0.5, 0.6) is 11.5 Å². The maximum atomic E-state index is 12.4. The number of halogens is 1. The summed E-state index contributed by atoms with van der Waals surface area (Å²) in [5.74, 6) is 0.311. The van der Waals surface area contributed by atoms with Crippen LogP contribution < -0.4 is 15.5 Å². The minimum atomic E-state index is -0.428. The molecular weight excluding hydrogens is 510 g/mol. The van der Waals surface area contributed by atoms with Crippen molar-refractivity contribution in [3.05, 3.63) is 118 Å². The van der Waals surface area contributed by atoms with Gasteiger partial charge in [-0.2, -0.15) is 5.10 Å². The van der Waals surface area contributed by atoms with Crippen molar-refractivity contribution >= 4 is 23.7 Å². The fourth-order valence-corrected chi connectivity index (χ4v) is 4.30. The Kier molecular flexibility index (Phi) is 9.73. The van der Waals surface area contributed by atoms with Gasteiger partial charge in [0.1, 0.15) is 18.1 Å². The van der Waals surface area contributed by atoms with Crippen molar-refractivity contribution < 1.29 is 17.5 Å². The Morgan fingerprint density at radius 2 is 1.77 bits per heavy atom. The molecule has 0 saturated carbocycles. The molecule has 0 fully saturated rings. The molecule has 4 aromatic rings. The number of phenols is 1. The molecule has 0 heterocycles. The number of carbonyl (C=O) groups is 1. The zero-order valence-corrected chi connectivity index (χ0v) is 22.8. The van der Waals surface area contributed by atoms with Gasteiger partial charge < -0.3 is 15.2 Å². The van der Waals surface area contributed by atoms with Crippen molar-refractivity contribution in [1.82, 2.24) is 10.7 Å². The standard InChI is InChI=1S/C32H32ClN3O3.2H2/c1-22-8-10-24(11-9-22)14-15-34-16-17-39-31-23(2)18-25(19-28(31)26-6-4-3-5-7-26)21-35-36-32(38)27-12-13-30(37)29(33)20-27;;/h3-13,18-21,34,37H,14-17H2,1-2H3,(H,36,38);2*1H/b35-21+;;. The van der Waals surface area contributed by atoms with Gasteiger partial charge in [-0.05, 0) is 79.4 Å². The number of ether oxygens (including phenoxy) is 1. The lowest BCUT2D eigenvalue weighted by molar-refractivity contribution is 0.0955. The van der Waals surface area contributed by atoms with Crippen LogP contribution in [0.4, 0.5) is 0 Å². The summed E-state index contributed by atoms with van der Waals surface area (Å²) in [5.41, 5.74) is 9.16. The minimum absolute atomic E-state index is 0. The number of hydrogen-bond acceptors (Lipinski definition) is 5. The molecule has 39 heavy (non-hydrogen) atoms. The second-order valence-corrected chi connectivity index (χ2v) is 9.69. The van der Waals surface area contributed by atoms with Gasteiger partial charge in [-0.1, -0.05) is 71.8 Å². The lowest BCUT2D eigenvalue weighted by Crippen LogP contribution is -2.23. The number of amides is 1. The summed E-state index contributed by atoms with van der Waals surface area (Å²) >= 11 is 5.90. The molecule has 0 saturated heterocycles. The zero-order valence-electron chi connectivity index (χ0n) is 22.1. The monoisotopic (exact) mass is 545 g/mol. The molecule has 0 spiro atoms. The van der Waals surface area contributed by atoms with Gasteiger partial charge in [0, 0.05) is 20.5 Å². The van der Waals surface area contributed by atoms with E-state index in [1.807, 2.05) is 49.4 Å². The number of aryl methyl sites for hydroxylation is 2. The number of hydrogen-bond donors (Lipinski definition) is 3. The Morgan fingerprint density at radius 3 is 2.51 bits per heavy atom. The van der Waals surface area contributed by atoms with Crippen molar-refractivity contribution in [1.29, 1.82) is 0 Å². The third-order valence-corrected chi connectivity index (χ3v) is 6.51. The van der Waals surface area contributed by atoms with Crippen LogP contribution in [0.25, 0.3) is 11.1 Å². The number of phenolic OH excluding ortho intramolecular Hbond substituents is 1. The van der Waals surface area contributed by atoms with E-state index < -0.39 is 5.91 Å². The number of nitrogens with one attached hydrogen (secondary N) is 2. The van der Waals surface area contributed by atoms with Crippen LogP contribution in [-0.4, -0.2) is 36.9 Å². The van der Waals surface area contributed by atoms with Crippen LogP contribution in [0.3, 0.4) is 0 Å². The molecule has 4 aromatic carbocycles. The van der Waals surface area contributed by atoms with E-state index in [2.05, 4.69) is 47.0 Å². The molecule has 1 amide bonds. The first-order valence-corrected chi connectivity index (χ1v) is 13.2. The first-order chi connectivity index (χ1) is 18.9. The van der Waals surface area contributed by atoms with Crippen LogP contribution in [-0.2, 0) is 6.42 Å². The van der Waals surface area contributed by atoms with Gasteiger partial charge in [0.2, 0.25) is 0 Å². The van der Waals surface area contributed by atoms with Crippen LogP contribution in [0.15, 0.2) is 90.0 Å². The highest BCUT2D eigenvalue weighted by Gasteiger charge is 2.12. The third-order valence-electron chi connectivity index (χ3n) is 6.21. The quantitative estimate of drug-likeness (QED) is 0.110. The molecule has 0 aliphatic rings. The summed E-state index contributed by atoms with van der Waals surface area (Å²) in [6, 6.07) is 26.9. The summed E-state index contributed by atoms with van der Waals surface area (Å²) in [5, 5.41) is 17.2. The molecule has 6 nitrogen and oxygen atoms in total. The minimum Gasteiger partial charge on any atom is -0.506 e. The summed E-state index contributed by atoms with van der Waals surface area (Å²) < 4.78 is 6.26. The van der Waals surface area contributed by atoms with E-state index in [4.69, 9.17) is 16.3 Å². The first-order valence-electron chi connectivity index (χ1n) is 12.8. The second kappa shape index (κ2) is 13.6. The number of benzene rings is 4. The zero-order chi connectivity index (χ0) is 27.6. The number of aromatic hydroxyl groups is 1. The Morgan fingerprint density at radius 1 is 1.00 bits per heavy atom. The average molecular weight is 546 g/mol. The van der Waals surface area contributed by atoms with E-state index in [-0.39, 0.29) is 13.6 Å². The third kappa shape index (κ3) is 7.93. The Bertz CT molecular complexity index is 1450. The fraction of sp³-hybridized carbons (Fsp3) is 0.188. The highest BCUT2D eigenvalue weighted by atomic mass is 35.5. The average Bonchev–Trinajstić information content (AvgIpc) is 2.94. The number of hydrazone groups is 1. The number of rotatable bonds is 11. The van der Waals surface area contributed by atoms with E-state index in [1.54, 1.807) is 6.21 Å². The van der Waals surface area contributed by atoms with Crippen molar-refractivity contribution in [3.63, 3.8) is 0 Å². The molecule has 7 heteroatoms. The molecule has 3 N–H and O–H groups in total. The highest BCUT2D eigenvalue weighted by Crippen LogP contribution is 2.34. The lowest BCUT2D eigenvalue weighted by Gasteiger charge is -2.16. The van der Waals surface area contributed by atoms with E-state index in [0.29, 0.717) is 12.2 Å². The van der Waals surface area contributed by atoms with Gasteiger partial charge in [0.05, 0.1) is 11.2 Å². The summed E-state index contributed by atoms with van der Waals surface area (Å²) in [7, 11) is 0. The molecule has 0 bridgehead atoms. The Balaban J connectivity index is 0.00000294. The molecule has 0 aliphatic heterocycles. The molecule has 4 rings (SSSR count). The van der Waals surface area contributed by atoms with Crippen LogP contribution in [0.2, 0.25) is 5.02 Å². The van der Waals surface area contributed by atoms with Gasteiger partial charge in [0.25, 0.3) is 5.91 Å². The van der Waals surface area contributed by atoms with Crippen LogP contribution in [0, 0.1) is 13.8 Å². The summed E-state index contributed by atoms with van der Waals surface area (Å²) in [6.45, 7) is 6.25. The smallest absolute Gasteiger partial charge is 0.271 e. The van der Waals surface area contributed by atoms with Gasteiger partial charge in [-0.15, -0.1) is 0 Å². The van der Waals surface area contributed by atoms with Gasteiger partial charge in [-0.3, -0.25) is 4.79 Å². The maximum absolute atomic E-state index is 12.4. The fourth-order valence-electron chi connectivity index (χ4n) is 4.12. The number of carbonyl (C=O) groups excluding carboxylic acids is 1. The normalized spacial score (nSPS) is 11.1. The van der Waals surface area contributed by atoms with Gasteiger partial charge in [-0.25, -0.2) is 5.43 Å². The highest BCUT2D eigenvalue weighted by molar-refractivity contribution is 6.32. The van der Waals surface area contributed by atoms with E-state index in [0.717, 1.165) is 47.5 Å². The molecule has 0 radical (unpaired) electrons. The topological polar surface area (TPSA) is 83.0 Å². The Labute approximate surface area is 237 Å². The predicted octanol–water partition coefficient (Wildman–Crippen LogP) is 6.80. The summed E-state index contributed by atoms with van der Waals surface area (Å²) in [4.78, 5) is 12.4. The van der Waals surface area contributed by atoms with Crippen molar-refractivity contribution in [3.8, 4) is 22.6 Å². The van der Waals surface area contributed by atoms with Crippen LogP contribution in [0.1, 0.15) is 35.5 Å².